The van der Waals surface area contributed by atoms with Crippen LogP contribution in [0.25, 0.3) is 0 Å². The van der Waals surface area contributed by atoms with Crippen LogP contribution in [0.1, 0.15) is 29.4 Å². The fourth-order valence-electron chi connectivity index (χ4n) is 1.33. The molecule has 0 spiro atoms. The second kappa shape index (κ2) is 5.95. The van der Waals surface area contributed by atoms with Crippen molar-refractivity contribution >= 4 is 27.3 Å². The van der Waals surface area contributed by atoms with Gasteiger partial charge in [-0.05, 0) is 17.9 Å². The number of aromatic carboxylic acids is 1. The van der Waals surface area contributed by atoms with Gasteiger partial charge in [-0.2, -0.15) is 5.26 Å². The standard InChI is InChI=1S/C10H12N2O4S2/c1-2-7(3-5-11)12-18(15,16)8-4-6-17-9(8)10(13)14/h4,6-7,12H,2-3H2,1H3,(H,13,14). The Balaban J connectivity index is 3.03. The van der Waals surface area contributed by atoms with Gasteiger partial charge < -0.3 is 5.11 Å². The van der Waals surface area contributed by atoms with Gasteiger partial charge in [0, 0.05) is 6.04 Å². The first-order valence-corrected chi connectivity index (χ1v) is 7.48. The summed E-state index contributed by atoms with van der Waals surface area (Å²) in [5.74, 6) is -1.28. The predicted octanol–water partition coefficient (Wildman–Crippen LogP) is 1.42. The number of rotatable bonds is 6. The van der Waals surface area contributed by atoms with Gasteiger partial charge in [0.25, 0.3) is 0 Å². The summed E-state index contributed by atoms with van der Waals surface area (Å²) in [5, 5.41) is 18.8. The third-order valence-corrected chi connectivity index (χ3v) is 4.86. The van der Waals surface area contributed by atoms with Crippen molar-refractivity contribution in [3.63, 3.8) is 0 Å². The zero-order valence-electron chi connectivity index (χ0n) is 9.58. The first-order chi connectivity index (χ1) is 8.42. The van der Waals surface area contributed by atoms with Crippen molar-refractivity contribution in [3.05, 3.63) is 16.3 Å². The second-order valence-corrected chi connectivity index (χ2v) is 6.11. The summed E-state index contributed by atoms with van der Waals surface area (Å²) in [5.41, 5.74) is 0. The maximum absolute atomic E-state index is 12.0. The second-order valence-electron chi connectivity index (χ2n) is 3.51. The number of hydrogen-bond donors (Lipinski definition) is 2. The molecule has 0 saturated heterocycles. The average Bonchev–Trinajstić information content (AvgIpc) is 2.77. The Morgan fingerprint density at radius 3 is 2.83 bits per heavy atom. The van der Waals surface area contributed by atoms with E-state index in [1.54, 1.807) is 6.92 Å². The maximum atomic E-state index is 12.0. The van der Waals surface area contributed by atoms with Crippen LogP contribution in [0.3, 0.4) is 0 Å². The number of thiophene rings is 1. The average molecular weight is 288 g/mol. The lowest BCUT2D eigenvalue weighted by Crippen LogP contribution is -2.34. The zero-order chi connectivity index (χ0) is 13.8. The Bertz CT molecular complexity index is 571. The number of nitriles is 1. The van der Waals surface area contributed by atoms with E-state index in [1.807, 2.05) is 6.07 Å². The minimum atomic E-state index is -3.90. The summed E-state index contributed by atoms with van der Waals surface area (Å²) in [7, 11) is -3.90. The minimum absolute atomic E-state index is 0.0439. The highest BCUT2D eigenvalue weighted by molar-refractivity contribution is 7.89. The van der Waals surface area contributed by atoms with Crippen molar-refractivity contribution in [1.29, 1.82) is 5.26 Å². The summed E-state index contributed by atoms with van der Waals surface area (Å²) in [6.07, 6.45) is 0.502. The molecule has 0 saturated carbocycles. The van der Waals surface area contributed by atoms with E-state index in [4.69, 9.17) is 10.4 Å². The molecule has 8 heteroatoms. The zero-order valence-corrected chi connectivity index (χ0v) is 11.2. The maximum Gasteiger partial charge on any atom is 0.347 e. The largest absolute Gasteiger partial charge is 0.477 e. The number of nitrogens with one attached hydrogen (secondary N) is 1. The Labute approximate surface area is 109 Å². The fourth-order valence-corrected chi connectivity index (χ4v) is 3.91. The van der Waals surface area contributed by atoms with Crippen molar-refractivity contribution in [2.24, 2.45) is 0 Å². The molecule has 6 nitrogen and oxygen atoms in total. The Morgan fingerprint density at radius 1 is 1.67 bits per heavy atom. The van der Waals surface area contributed by atoms with Gasteiger partial charge in [-0.3, -0.25) is 0 Å². The highest BCUT2D eigenvalue weighted by Gasteiger charge is 2.25. The SMILES string of the molecule is CCC(CC#N)NS(=O)(=O)c1ccsc1C(=O)O. The van der Waals surface area contributed by atoms with E-state index in [9.17, 15) is 13.2 Å². The van der Waals surface area contributed by atoms with Crippen LogP contribution in [0.15, 0.2) is 16.3 Å². The molecule has 98 valence electrons. The molecule has 0 fully saturated rings. The first kappa shape index (κ1) is 14.6. The molecule has 1 rings (SSSR count). The van der Waals surface area contributed by atoms with Gasteiger partial charge in [-0.1, -0.05) is 6.92 Å². The number of sulfonamides is 1. The smallest absolute Gasteiger partial charge is 0.347 e. The van der Waals surface area contributed by atoms with Gasteiger partial charge in [0.15, 0.2) is 0 Å². The van der Waals surface area contributed by atoms with Gasteiger partial charge >= 0.3 is 5.97 Å². The summed E-state index contributed by atoms with van der Waals surface area (Å²) in [4.78, 5) is 10.4. The third-order valence-electron chi connectivity index (χ3n) is 2.27. The number of carboxylic acids is 1. The summed E-state index contributed by atoms with van der Waals surface area (Å²) in [6.45, 7) is 1.75. The predicted molar refractivity (Wildman–Crippen MR) is 65.9 cm³/mol. The Morgan fingerprint density at radius 2 is 2.33 bits per heavy atom. The minimum Gasteiger partial charge on any atom is -0.477 e. The van der Waals surface area contributed by atoms with Crippen LogP contribution >= 0.6 is 11.3 Å². The lowest BCUT2D eigenvalue weighted by atomic mass is 10.2. The van der Waals surface area contributed by atoms with Gasteiger partial charge in [0.05, 0.1) is 12.5 Å². The molecule has 18 heavy (non-hydrogen) atoms. The van der Waals surface area contributed by atoms with Crippen LogP contribution < -0.4 is 4.72 Å². The lowest BCUT2D eigenvalue weighted by molar-refractivity contribution is 0.0698. The monoisotopic (exact) mass is 288 g/mol. The van der Waals surface area contributed by atoms with Crippen LogP contribution in [0.5, 0.6) is 0 Å². The van der Waals surface area contributed by atoms with Crippen molar-refractivity contribution in [2.45, 2.75) is 30.7 Å². The summed E-state index contributed by atoms with van der Waals surface area (Å²) < 4.78 is 26.3. The molecular weight excluding hydrogens is 276 g/mol. The Hall–Kier alpha value is -1.43. The van der Waals surface area contributed by atoms with Gasteiger partial charge in [-0.15, -0.1) is 11.3 Å². The van der Waals surface area contributed by atoms with Crippen molar-refractivity contribution in [1.82, 2.24) is 4.72 Å². The number of carboxylic acid groups (broad SMARTS) is 1. The van der Waals surface area contributed by atoms with Crippen molar-refractivity contribution in [3.8, 4) is 6.07 Å². The number of carbonyl (C=O) groups is 1. The van der Waals surface area contributed by atoms with Crippen LogP contribution in [0, 0.1) is 11.3 Å². The lowest BCUT2D eigenvalue weighted by Gasteiger charge is -2.13. The van der Waals surface area contributed by atoms with Crippen molar-refractivity contribution < 1.29 is 18.3 Å². The highest BCUT2D eigenvalue weighted by Crippen LogP contribution is 2.22. The molecule has 0 aliphatic carbocycles. The number of hydrogen-bond acceptors (Lipinski definition) is 5. The molecule has 0 aliphatic rings. The van der Waals surface area contributed by atoms with E-state index < -0.39 is 22.0 Å². The highest BCUT2D eigenvalue weighted by atomic mass is 32.2. The van der Waals surface area contributed by atoms with Crippen LogP contribution in [-0.2, 0) is 10.0 Å². The van der Waals surface area contributed by atoms with Crippen LogP contribution in [-0.4, -0.2) is 25.5 Å². The van der Waals surface area contributed by atoms with Gasteiger partial charge in [-0.25, -0.2) is 17.9 Å². The quantitative estimate of drug-likeness (QED) is 0.823. The molecule has 1 heterocycles. The molecule has 0 bridgehead atoms. The molecule has 0 aliphatic heterocycles. The molecule has 0 aromatic carbocycles. The third kappa shape index (κ3) is 3.29. The topological polar surface area (TPSA) is 107 Å². The Kier molecular flexibility index (Phi) is 4.84. The summed E-state index contributed by atoms with van der Waals surface area (Å²) >= 11 is 0.849. The molecule has 1 atom stereocenters. The molecule has 0 radical (unpaired) electrons. The van der Waals surface area contributed by atoms with E-state index in [2.05, 4.69) is 4.72 Å². The van der Waals surface area contributed by atoms with Crippen LogP contribution in [0.4, 0.5) is 0 Å². The van der Waals surface area contributed by atoms with E-state index in [0.29, 0.717) is 6.42 Å². The summed E-state index contributed by atoms with van der Waals surface area (Å²) in [6, 6.07) is 2.62. The fraction of sp³-hybridized carbons (Fsp3) is 0.400. The van der Waals surface area contributed by atoms with Crippen LogP contribution in [0.2, 0.25) is 0 Å². The van der Waals surface area contributed by atoms with Crippen molar-refractivity contribution in [2.75, 3.05) is 0 Å². The molecule has 2 N–H and O–H groups in total. The van der Waals surface area contributed by atoms with E-state index in [1.165, 1.54) is 11.4 Å². The first-order valence-electron chi connectivity index (χ1n) is 5.12. The molecule has 1 aromatic rings. The van der Waals surface area contributed by atoms with E-state index >= 15 is 0 Å². The molecule has 1 aromatic heterocycles. The van der Waals surface area contributed by atoms with Gasteiger partial charge in [0.1, 0.15) is 9.77 Å². The van der Waals surface area contributed by atoms with Gasteiger partial charge in [0.2, 0.25) is 10.0 Å². The molecule has 0 amide bonds. The van der Waals surface area contributed by atoms with E-state index in [0.717, 1.165) is 11.3 Å². The van der Waals surface area contributed by atoms with E-state index in [-0.39, 0.29) is 16.2 Å². The normalized spacial score (nSPS) is 12.9. The molecule has 1 unspecified atom stereocenters. The molecular formula is C10H12N2O4S2. The number of nitrogens with zero attached hydrogens (tertiary/aromatic N) is 1.